The Bertz CT molecular complexity index is 890. The van der Waals surface area contributed by atoms with Gasteiger partial charge in [-0.2, -0.15) is 0 Å². The predicted octanol–water partition coefficient (Wildman–Crippen LogP) is 1.27. The first-order chi connectivity index (χ1) is 13.5. The highest BCUT2D eigenvalue weighted by molar-refractivity contribution is 5.99. The highest BCUT2D eigenvalue weighted by Gasteiger charge is 2.44. The molecule has 2 fully saturated rings. The molecular weight excluding hydrogens is 356 g/mol. The van der Waals surface area contributed by atoms with Crippen molar-refractivity contribution < 1.29 is 10.2 Å². The van der Waals surface area contributed by atoms with Crippen molar-refractivity contribution in [1.82, 2.24) is 14.9 Å². The minimum absolute atomic E-state index is 0.0727. The van der Waals surface area contributed by atoms with E-state index >= 15 is 0 Å². The highest BCUT2D eigenvalue weighted by Crippen LogP contribution is 2.45. The first-order valence-electron chi connectivity index (χ1n) is 9.49. The summed E-state index contributed by atoms with van der Waals surface area (Å²) in [5, 5.41) is 26.4. The van der Waals surface area contributed by atoms with Gasteiger partial charge in [-0.15, -0.1) is 4.99 Å². The molecule has 0 bridgehead atoms. The van der Waals surface area contributed by atoms with Gasteiger partial charge >= 0.3 is 6.02 Å². The average molecular weight is 381 g/mol. The molecule has 0 unspecified atom stereocenters. The van der Waals surface area contributed by atoms with Gasteiger partial charge in [0.05, 0.1) is 18.1 Å². The Labute approximate surface area is 163 Å². The number of nitrogens with zero attached hydrogens (tertiary/aromatic N) is 4. The number of likely N-dealkylation sites (tertiary alicyclic amines) is 1. The monoisotopic (exact) mass is 381 g/mol. The van der Waals surface area contributed by atoms with E-state index < -0.39 is 11.5 Å². The molecule has 4 rings (SSSR count). The molecule has 2 heterocycles. The number of β-amino-alcohol motifs (C(OH)–C–C–N with tert-alkyl or cyclic N) is 1. The third kappa shape index (κ3) is 3.31. The molecule has 1 aliphatic carbocycles. The molecule has 8 heteroatoms. The molecule has 1 aliphatic heterocycles. The van der Waals surface area contributed by atoms with E-state index in [4.69, 9.17) is 16.2 Å². The van der Waals surface area contributed by atoms with Crippen molar-refractivity contribution in [2.45, 2.75) is 37.2 Å². The number of aliphatic imine (C=N–C) groups is 1. The molecule has 2 aliphatic rings. The Morgan fingerprint density at radius 3 is 2.43 bits per heavy atom. The number of aromatic nitrogens is 2. The molecule has 0 radical (unpaired) electrons. The van der Waals surface area contributed by atoms with Crippen LogP contribution in [0, 0.1) is 5.41 Å². The fourth-order valence-electron chi connectivity index (χ4n) is 3.88. The summed E-state index contributed by atoms with van der Waals surface area (Å²) < 4.78 is 0. The van der Waals surface area contributed by atoms with E-state index in [0.717, 1.165) is 36.0 Å². The number of hydrogen-bond acceptors (Lipinski definition) is 5. The van der Waals surface area contributed by atoms with Crippen molar-refractivity contribution in [2.24, 2.45) is 4.99 Å². The normalized spacial score (nSPS) is 21.4. The van der Waals surface area contributed by atoms with Crippen LogP contribution in [0.2, 0.25) is 0 Å². The van der Waals surface area contributed by atoms with Gasteiger partial charge in [0.25, 0.3) is 0 Å². The predicted molar refractivity (Wildman–Crippen MR) is 108 cm³/mol. The molecule has 0 spiro atoms. The fraction of sp³-hybridized carbons (Fsp3) is 0.400. The quantitative estimate of drug-likeness (QED) is 0.418. The molecule has 1 saturated carbocycles. The van der Waals surface area contributed by atoms with Crippen molar-refractivity contribution in [3.63, 3.8) is 0 Å². The molecular formula is C20H25N6O2+. The summed E-state index contributed by atoms with van der Waals surface area (Å²) in [5.41, 5.74) is 8.03. The molecule has 146 valence electrons. The smallest absolute Gasteiger partial charge is 0.444 e. The summed E-state index contributed by atoms with van der Waals surface area (Å²) in [6.45, 7) is 1.03. The first kappa shape index (κ1) is 18.4. The molecule has 8 nitrogen and oxygen atoms in total. The molecule has 6 N–H and O–H groups in total. The van der Waals surface area contributed by atoms with Crippen LogP contribution in [-0.2, 0) is 5.41 Å². The lowest BCUT2D eigenvalue weighted by atomic mass is 9.63. The lowest BCUT2D eigenvalue weighted by Crippen LogP contribution is -2.42. The average Bonchev–Trinajstić information content (AvgIpc) is 3.09. The van der Waals surface area contributed by atoms with Gasteiger partial charge in [0.15, 0.2) is 0 Å². The van der Waals surface area contributed by atoms with E-state index in [0.29, 0.717) is 19.5 Å². The molecule has 1 saturated heterocycles. The van der Waals surface area contributed by atoms with E-state index in [1.807, 2.05) is 24.3 Å². The summed E-state index contributed by atoms with van der Waals surface area (Å²) in [5.74, 6) is 0.477. The van der Waals surface area contributed by atoms with Crippen LogP contribution in [0.4, 0.5) is 5.95 Å². The van der Waals surface area contributed by atoms with Gasteiger partial charge in [0, 0.05) is 24.5 Å². The standard InChI is InChI=1S/C20H24N6O2/c21-17(25-19(28)26-9-6-16(27)12-26)20(7-1-8-20)15-4-2-13(3-5-15)14-10-23-18(22)24-11-14/h2-5,10-11,16,27H,1,6-9,12H2,(H2,21,25,28)(H2,22,23,24)/p+1/t16-/m0/s1. The number of nitrogens with two attached hydrogens (primary N) is 1. The lowest BCUT2D eigenvalue weighted by molar-refractivity contribution is 0.185. The molecule has 1 aromatic carbocycles. The summed E-state index contributed by atoms with van der Waals surface area (Å²) in [4.78, 5) is 14.1. The van der Waals surface area contributed by atoms with Gasteiger partial charge < -0.3 is 15.9 Å². The zero-order valence-corrected chi connectivity index (χ0v) is 15.6. The van der Waals surface area contributed by atoms with E-state index in [1.54, 1.807) is 17.3 Å². The topological polar surface area (TPSA) is 134 Å². The number of aliphatic hydroxyl groups is 1. The maximum absolute atomic E-state index is 9.66. The van der Waals surface area contributed by atoms with Crippen LogP contribution in [0.1, 0.15) is 31.2 Å². The van der Waals surface area contributed by atoms with Crippen LogP contribution in [-0.4, -0.2) is 56.1 Å². The van der Waals surface area contributed by atoms with Gasteiger partial charge in [-0.3, -0.25) is 10.3 Å². The molecule has 0 amide bonds. The Morgan fingerprint density at radius 1 is 1.21 bits per heavy atom. The summed E-state index contributed by atoms with van der Waals surface area (Å²) >= 11 is 0. The molecule has 1 atom stereocenters. The van der Waals surface area contributed by atoms with Crippen LogP contribution in [0.5, 0.6) is 0 Å². The number of anilines is 1. The van der Waals surface area contributed by atoms with E-state index in [9.17, 15) is 5.11 Å². The maximum Gasteiger partial charge on any atom is 0.444 e. The number of aliphatic hydroxyl groups excluding tert-OH is 1. The lowest BCUT2D eigenvalue weighted by Gasteiger charge is -2.41. The third-order valence-corrected chi connectivity index (χ3v) is 5.78. The van der Waals surface area contributed by atoms with Crippen LogP contribution in [0.15, 0.2) is 41.7 Å². The van der Waals surface area contributed by atoms with Crippen molar-refractivity contribution >= 4 is 17.8 Å². The third-order valence-electron chi connectivity index (χ3n) is 5.78. The molecule has 1 aromatic heterocycles. The Kier molecular flexibility index (Phi) is 4.72. The van der Waals surface area contributed by atoms with Gasteiger partial charge in [-0.05, 0) is 30.4 Å². The number of nitrogens with one attached hydrogen (secondary N) is 1. The Hall–Kier alpha value is -3.00. The Morgan fingerprint density at radius 2 is 1.89 bits per heavy atom. The van der Waals surface area contributed by atoms with Gasteiger partial charge in [0.1, 0.15) is 5.84 Å². The summed E-state index contributed by atoms with van der Waals surface area (Å²) in [6.07, 6.45) is 6.38. The summed E-state index contributed by atoms with van der Waals surface area (Å²) in [6, 6.07) is 8.12. The van der Waals surface area contributed by atoms with Crippen molar-refractivity contribution in [3.8, 4) is 11.1 Å². The zero-order chi connectivity index (χ0) is 19.7. The number of amidine groups is 2. The van der Waals surface area contributed by atoms with Gasteiger partial charge in [-0.1, -0.05) is 30.7 Å². The summed E-state index contributed by atoms with van der Waals surface area (Å²) in [7, 11) is 0. The number of hydrogen-bond donors (Lipinski definition) is 3. The largest absolute Gasteiger partial charge is 0.565 e. The van der Waals surface area contributed by atoms with E-state index in [1.165, 1.54) is 0 Å². The number of nitrogen functional groups attached to an aromatic ring is 1. The van der Waals surface area contributed by atoms with E-state index in [2.05, 4.69) is 15.0 Å². The maximum atomic E-state index is 9.66. The number of benzene rings is 1. The minimum atomic E-state index is -0.430. The SMILES string of the molecule is N=C(N=C([OH2+])N1CC[C@H](O)C1)C1(c2ccc(-c3cnc(N)nc3)cc2)CCC1. The molecule has 2 aromatic rings. The van der Waals surface area contributed by atoms with Crippen LogP contribution in [0.25, 0.3) is 11.1 Å². The second-order valence-corrected chi connectivity index (χ2v) is 7.52. The van der Waals surface area contributed by atoms with Crippen molar-refractivity contribution in [2.75, 3.05) is 18.8 Å². The second-order valence-electron chi connectivity index (χ2n) is 7.52. The highest BCUT2D eigenvalue weighted by atomic mass is 16.3. The minimum Gasteiger partial charge on any atom is -0.565 e. The Balaban J connectivity index is 1.55. The van der Waals surface area contributed by atoms with Gasteiger partial charge in [-0.25, -0.2) is 9.97 Å². The van der Waals surface area contributed by atoms with Crippen molar-refractivity contribution in [3.05, 3.63) is 42.2 Å². The van der Waals surface area contributed by atoms with Crippen LogP contribution >= 0.6 is 0 Å². The van der Waals surface area contributed by atoms with Crippen molar-refractivity contribution in [1.29, 1.82) is 5.41 Å². The fourth-order valence-corrected chi connectivity index (χ4v) is 3.88. The number of rotatable bonds is 3. The van der Waals surface area contributed by atoms with Crippen LogP contribution < -0.4 is 5.73 Å². The molecule has 28 heavy (non-hydrogen) atoms. The zero-order valence-electron chi connectivity index (χ0n) is 15.6. The van der Waals surface area contributed by atoms with Gasteiger partial charge in [0.2, 0.25) is 5.95 Å². The van der Waals surface area contributed by atoms with E-state index in [-0.39, 0.29) is 17.8 Å². The van der Waals surface area contributed by atoms with Crippen LogP contribution in [0.3, 0.4) is 0 Å². The first-order valence-corrected chi connectivity index (χ1v) is 9.49. The second kappa shape index (κ2) is 7.20.